The molecular weight excluding hydrogens is 275 g/mol. The fourth-order valence-electron chi connectivity index (χ4n) is 2.03. The highest BCUT2D eigenvalue weighted by atomic mass is 19.1. The number of ether oxygens (including phenoxy) is 1. The molecule has 0 aliphatic carbocycles. The summed E-state index contributed by atoms with van der Waals surface area (Å²) in [4.78, 5) is 25.0. The quantitative estimate of drug-likeness (QED) is 0.857. The third kappa shape index (κ3) is 3.93. The Morgan fingerprint density at radius 2 is 2.10 bits per heavy atom. The standard InChI is InChI=1S/C15H19FN2O3/c1-2-7-17-15(20)11-8-18(9-11)14(19)10-21-13-6-4-3-5-12(13)16/h3-6,11H,2,7-10H2,1H3,(H,17,20). The molecule has 0 atom stereocenters. The van der Waals surface area contributed by atoms with E-state index in [2.05, 4.69) is 5.32 Å². The molecule has 5 nitrogen and oxygen atoms in total. The average Bonchev–Trinajstić information content (AvgIpc) is 2.42. The first-order valence-electron chi connectivity index (χ1n) is 7.04. The monoisotopic (exact) mass is 294 g/mol. The minimum atomic E-state index is -0.495. The molecule has 0 unspecified atom stereocenters. The summed E-state index contributed by atoms with van der Waals surface area (Å²) in [5.41, 5.74) is 0. The molecule has 1 heterocycles. The average molecular weight is 294 g/mol. The van der Waals surface area contributed by atoms with Gasteiger partial charge >= 0.3 is 0 Å². The normalized spacial score (nSPS) is 14.5. The number of hydrogen-bond donors (Lipinski definition) is 1. The van der Waals surface area contributed by atoms with Gasteiger partial charge in [0.15, 0.2) is 18.2 Å². The molecule has 1 aliphatic rings. The molecule has 1 aromatic carbocycles. The van der Waals surface area contributed by atoms with E-state index >= 15 is 0 Å². The highest BCUT2D eigenvalue weighted by molar-refractivity contribution is 5.85. The topological polar surface area (TPSA) is 58.6 Å². The number of amides is 2. The van der Waals surface area contributed by atoms with Gasteiger partial charge in [-0.2, -0.15) is 0 Å². The molecule has 0 aromatic heterocycles. The predicted octanol–water partition coefficient (Wildman–Crippen LogP) is 1.19. The molecule has 1 N–H and O–H groups in total. The van der Waals surface area contributed by atoms with Crippen molar-refractivity contribution in [2.45, 2.75) is 13.3 Å². The second-order valence-electron chi connectivity index (χ2n) is 5.01. The molecule has 114 valence electrons. The van der Waals surface area contributed by atoms with E-state index in [9.17, 15) is 14.0 Å². The van der Waals surface area contributed by atoms with Gasteiger partial charge in [-0.1, -0.05) is 19.1 Å². The molecule has 0 spiro atoms. The second kappa shape index (κ2) is 7.06. The third-order valence-corrected chi connectivity index (χ3v) is 3.34. The van der Waals surface area contributed by atoms with E-state index in [0.29, 0.717) is 19.6 Å². The fraction of sp³-hybridized carbons (Fsp3) is 0.467. The van der Waals surface area contributed by atoms with Gasteiger partial charge in [0, 0.05) is 19.6 Å². The Balaban J connectivity index is 1.72. The molecule has 0 bridgehead atoms. The Kier molecular flexibility index (Phi) is 5.14. The van der Waals surface area contributed by atoms with Crippen molar-refractivity contribution in [2.24, 2.45) is 5.92 Å². The number of para-hydroxylation sites is 1. The van der Waals surface area contributed by atoms with E-state index < -0.39 is 5.82 Å². The van der Waals surface area contributed by atoms with E-state index in [4.69, 9.17) is 4.74 Å². The van der Waals surface area contributed by atoms with Crippen molar-refractivity contribution in [1.29, 1.82) is 0 Å². The summed E-state index contributed by atoms with van der Waals surface area (Å²) in [6.07, 6.45) is 0.886. The maximum atomic E-state index is 13.3. The van der Waals surface area contributed by atoms with Crippen LogP contribution in [0.15, 0.2) is 24.3 Å². The van der Waals surface area contributed by atoms with Crippen LogP contribution in [0.4, 0.5) is 4.39 Å². The Hall–Kier alpha value is -2.11. The number of benzene rings is 1. The van der Waals surface area contributed by atoms with Crippen molar-refractivity contribution < 1.29 is 18.7 Å². The van der Waals surface area contributed by atoms with Gasteiger partial charge in [-0.25, -0.2) is 4.39 Å². The van der Waals surface area contributed by atoms with Crippen LogP contribution in [0, 0.1) is 11.7 Å². The molecule has 1 saturated heterocycles. The zero-order chi connectivity index (χ0) is 15.2. The summed E-state index contributed by atoms with van der Waals surface area (Å²) in [7, 11) is 0. The van der Waals surface area contributed by atoms with Gasteiger partial charge in [-0.05, 0) is 18.6 Å². The van der Waals surface area contributed by atoms with E-state index in [0.717, 1.165) is 6.42 Å². The Morgan fingerprint density at radius 1 is 1.38 bits per heavy atom. The Morgan fingerprint density at radius 3 is 2.76 bits per heavy atom. The first-order chi connectivity index (χ1) is 10.1. The zero-order valence-corrected chi connectivity index (χ0v) is 12.0. The number of hydrogen-bond acceptors (Lipinski definition) is 3. The Bertz CT molecular complexity index is 515. The number of nitrogens with zero attached hydrogens (tertiary/aromatic N) is 1. The zero-order valence-electron chi connectivity index (χ0n) is 12.0. The molecule has 2 rings (SSSR count). The van der Waals surface area contributed by atoms with Crippen molar-refractivity contribution in [1.82, 2.24) is 10.2 Å². The van der Waals surface area contributed by atoms with E-state index in [-0.39, 0.29) is 30.1 Å². The van der Waals surface area contributed by atoms with Crippen LogP contribution in [-0.2, 0) is 9.59 Å². The summed E-state index contributed by atoms with van der Waals surface area (Å²) in [6, 6.07) is 5.94. The fourth-order valence-corrected chi connectivity index (χ4v) is 2.03. The van der Waals surface area contributed by atoms with Crippen molar-refractivity contribution >= 4 is 11.8 Å². The summed E-state index contributed by atoms with van der Waals surface area (Å²) >= 11 is 0. The largest absolute Gasteiger partial charge is 0.481 e. The highest BCUT2D eigenvalue weighted by Gasteiger charge is 2.35. The Labute approximate surface area is 123 Å². The molecular formula is C15H19FN2O3. The van der Waals surface area contributed by atoms with Gasteiger partial charge in [-0.15, -0.1) is 0 Å². The molecule has 1 aromatic rings. The summed E-state index contributed by atoms with van der Waals surface area (Å²) in [5.74, 6) is -0.836. The van der Waals surface area contributed by atoms with Crippen LogP contribution in [0.5, 0.6) is 5.75 Å². The van der Waals surface area contributed by atoms with Crippen LogP contribution in [0.2, 0.25) is 0 Å². The van der Waals surface area contributed by atoms with Gasteiger partial charge in [0.25, 0.3) is 5.91 Å². The molecule has 0 radical (unpaired) electrons. The minimum absolute atomic E-state index is 0.0177. The van der Waals surface area contributed by atoms with Crippen LogP contribution < -0.4 is 10.1 Å². The smallest absolute Gasteiger partial charge is 0.260 e. The van der Waals surface area contributed by atoms with E-state index in [1.54, 1.807) is 12.1 Å². The lowest BCUT2D eigenvalue weighted by molar-refractivity contribution is -0.144. The van der Waals surface area contributed by atoms with E-state index in [1.807, 2.05) is 6.92 Å². The van der Waals surface area contributed by atoms with Crippen LogP contribution in [0.1, 0.15) is 13.3 Å². The molecule has 6 heteroatoms. The third-order valence-electron chi connectivity index (χ3n) is 3.34. The predicted molar refractivity (Wildman–Crippen MR) is 75.3 cm³/mol. The minimum Gasteiger partial charge on any atom is -0.481 e. The van der Waals surface area contributed by atoms with Gasteiger partial charge in [0.2, 0.25) is 5.91 Å². The number of likely N-dealkylation sites (tertiary alicyclic amines) is 1. The number of nitrogens with one attached hydrogen (secondary N) is 1. The highest BCUT2D eigenvalue weighted by Crippen LogP contribution is 2.18. The van der Waals surface area contributed by atoms with Crippen molar-refractivity contribution in [3.63, 3.8) is 0 Å². The van der Waals surface area contributed by atoms with Crippen LogP contribution >= 0.6 is 0 Å². The first-order valence-corrected chi connectivity index (χ1v) is 7.04. The van der Waals surface area contributed by atoms with Crippen molar-refractivity contribution in [3.05, 3.63) is 30.1 Å². The molecule has 21 heavy (non-hydrogen) atoms. The second-order valence-corrected chi connectivity index (χ2v) is 5.01. The van der Waals surface area contributed by atoms with Crippen LogP contribution in [-0.4, -0.2) is 43.0 Å². The van der Waals surface area contributed by atoms with Crippen LogP contribution in [0.25, 0.3) is 0 Å². The van der Waals surface area contributed by atoms with Gasteiger partial charge in [0.1, 0.15) is 0 Å². The lowest BCUT2D eigenvalue weighted by atomic mass is 9.99. The van der Waals surface area contributed by atoms with E-state index in [1.165, 1.54) is 17.0 Å². The van der Waals surface area contributed by atoms with Crippen LogP contribution in [0.3, 0.4) is 0 Å². The number of carbonyl (C=O) groups is 2. The molecule has 1 fully saturated rings. The summed E-state index contributed by atoms with van der Waals surface area (Å²) in [5, 5.41) is 2.80. The molecule has 0 saturated carbocycles. The van der Waals surface area contributed by atoms with Crippen molar-refractivity contribution in [3.8, 4) is 5.75 Å². The van der Waals surface area contributed by atoms with Gasteiger partial charge in [-0.3, -0.25) is 9.59 Å². The summed E-state index contributed by atoms with van der Waals surface area (Å²) < 4.78 is 18.5. The van der Waals surface area contributed by atoms with Gasteiger partial charge in [0.05, 0.1) is 5.92 Å². The lowest BCUT2D eigenvalue weighted by Crippen LogP contribution is -2.56. The molecule has 2 amide bonds. The van der Waals surface area contributed by atoms with Crippen molar-refractivity contribution in [2.75, 3.05) is 26.2 Å². The first kappa shape index (κ1) is 15.3. The summed E-state index contributed by atoms with van der Waals surface area (Å²) in [6.45, 7) is 3.21. The number of halogens is 1. The number of rotatable bonds is 6. The maximum absolute atomic E-state index is 13.3. The molecule has 1 aliphatic heterocycles. The number of carbonyl (C=O) groups excluding carboxylic acids is 2. The maximum Gasteiger partial charge on any atom is 0.260 e. The SMILES string of the molecule is CCCNC(=O)C1CN(C(=O)COc2ccccc2F)C1. The van der Waals surface area contributed by atoms with Gasteiger partial charge < -0.3 is 15.0 Å². The lowest BCUT2D eigenvalue weighted by Gasteiger charge is -2.38.